The molecule has 0 spiro atoms. The van der Waals surface area contributed by atoms with Crippen molar-refractivity contribution in [3.8, 4) is 0 Å². The Kier molecular flexibility index (Phi) is 4.65. The fraction of sp³-hybridized carbons (Fsp3) is 0.174. The van der Waals surface area contributed by atoms with E-state index in [0.29, 0.717) is 23.1 Å². The van der Waals surface area contributed by atoms with E-state index in [1.165, 1.54) is 4.90 Å². The molecule has 0 fully saturated rings. The fourth-order valence-electron chi connectivity index (χ4n) is 3.59. The van der Waals surface area contributed by atoms with Crippen molar-refractivity contribution >= 4 is 28.5 Å². The van der Waals surface area contributed by atoms with Gasteiger partial charge in [-0.25, -0.2) is 0 Å². The molecule has 3 aromatic carbocycles. The lowest BCUT2D eigenvalue weighted by molar-refractivity contribution is -0.121. The van der Waals surface area contributed by atoms with Gasteiger partial charge in [0, 0.05) is 36.0 Å². The van der Waals surface area contributed by atoms with Crippen molar-refractivity contribution in [2.75, 3.05) is 6.54 Å². The summed E-state index contributed by atoms with van der Waals surface area (Å²) in [7, 11) is 0. The number of carbonyl (C=O) groups excluding carboxylic acids is 3. The Morgan fingerprint density at radius 2 is 1.54 bits per heavy atom. The molecule has 1 aliphatic heterocycles. The Bertz CT molecular complexity index is 1050. The molecule has 0 radical (unpaired) electrons. The Hall–Kier alpha value is -3.47. The first-order chi connectivity index (χ1) is 13.6. The highest BCUT2D eigenvalue weighted by molar-refractivity contribution is 6.25. The van der Waals surface area contributed by atoms with Crippen LogP contribution in [0.15, 0.2) is 60.7 Å². The van der Waals surface area contributed by atoms with Gasteiger partial charge in [0.15, 0.2) is 0 Å². The van der Waals surface area contributed by atoms with Gasteiger partial charge in [0.1, 0.15) is 0 Å². The van der Waals surface area contributed by atoms with Crippen LogP contribution in [-0.2, 0) is 11.3 Å². The topological polar surface area (TPSA) is 66.5 Å². The number of rotatable bonds is 5. The summed E-state index contributed by atoms with van der Waals surface area (Å²) in [6.07, 6.45) is 0.0709. The highest BCUT2D eigenvalue weighted by Gasteiger charge is 2.32. The molecular formula is C23H20N2O3. The lowest BCUT2D eigenvalue weighted by atomic mass is 9.94. The molecule has 0 atom stereocenters. The molecule has 1 N–H and O–H groups in total. The van der Waals surface area contributed by atoms with E-state index in [4.69, 9.17) is 0 Å². The van der Waals surface area contributed by atoms with E-state index < -0.39 is 0 Å². The molecule has 3 amide bonds. The van der Waals surface area contributed by atoms with E-state index >= 15 is 0 Å². The van der Waals surface area contributed by atoms with Crippen LogP contribution in [0.4, 0.5) is 0 Å². The van der Waals surface area contributed by atoms with Crippen LogP contribution in [0.25, 0.3) is 10.8 Å². The van der Waals surface area contributed by atoms with Gasteiger partial charge in [0.25, 0.3) is 11.8 Å². The van der Waals surface area contributed by atoms with Crippen LogP contribution in [0.3, 0.4) is 0 Å². The molecule has 0 saturated carbocycles. The number of aryl methyl sites for hydroxylation is 1. The summed E-state index contributed by atoms with van der Waals surface area (Å²) in [5.74, 6) is -0.886. The molecular weight excluding hydrogens is 352 g/mol. The van der Waals surface area contributed by atoms with Gasteiger partial charge in [0.05, 0.1) is 0 Å². The molecule has 140 valence electrons. The average Bonchev–Trinajstić information content (AvgIpc) is 2.71. The van der Waals surface area contributed by atoms with Gasteiger partial charge in [-0.05, 0) is 35.6 Å². The first-order valence-electron chi connectivity index (χ1n) is 9.25. The number of nitrogens with zero attached hydrogens (tertiary/aromatic N) is 1. The molecule has 0 bridgehead atoms. The number of imide groups is 1. The lowest BCUT2D eigenvalue weighted by Gasteiger charge is -2.27. The molecule has 4 rings (SSSR count). The zero-order valence-corrected chi connectivity index (χ0v) is 15.6. The van der Waals surface area contributed by atoms with Crippen LogP contribution in [0.5, 0.6) is 0 Å². The minimum Gasteiger partial charge on any atom is -0.352 e. The largest absolute Gasteiger partial charge is 0.352 e. The van der Waals surface area contributed by atoms with Gasteiger partial charge in [-0.15, -0.1) is 0 Å². The third-order valence-corrected chi connectivity index (χ3v) is 5.16. The third kappa shape index (κ3) is 3.16. The number of benzene rings is 3. The minimum absolute atomic E-state index is 0.0575. The van der Waals surface area contributed by atoms with Crippen LogP contribution in [0.2, 0.25) is 0 Å². The van der Waals surface area contributed by atoms with Crippen molar-refractivity contribution in [2.24, 2.45) is 0 Å². The molecule has 28 heavy (non-hydrogen) atoms. The first kappa shape index (κ1) is 17.9. The predicted molar refractivity (Wildman–Crippen MR) is 107 cm³/mol. The predicted octanol–water partition coefficient (Wildman–Crippen LogP) is 3.45. The Morgan fingerprint density at radius 1 is 0.893 bits per heavy atom. The van der Waals surface area contributed by atoms with E-state index in [-0.39, 0.29) is 30.7 Å². The summed E-state index contributed by atoms with van der Waals surface area (Å²) >= 11 is 0. The third-order valence-electron chi connectivity index (χ3n) is 5.16. The van der Waals surface area contributed by atoms with E-state index in [1.54, 1.807) is 12.1 Å². The van der Waals surface area contributed by atoms with Crippen molar-refractivity contribution in [1.82, 2.24) is 10.2 Å². The second kappa shape index (κ2) is 7.27. The number of carbonyl (C=O) groups is 3. The SMILES string of the molecule is Cc1ccccc1CNC(=O)CCN1C(=O)c2cccc3cccc(c23)C1=O. The van der Waals surface area contributed by atoms with E-state index in [2.05, 4.69) is 5.32 Å². The number of amides is 3. The van der Waals surface area contributed by atoms with Gasteiger partial charge in [0.2, 0.25) is 5.91 Å². The van der Waals surface area contributed by atoms with Crippen LogP contribution >= 0.6 is 0 Å². The highest BCUT2D eigenvalue weighted by Crippen LogP contribution is 2.29. The maximum atomic E-state index is 12.8. The lowest BCUT2D eigenvalue weighted by Crippen LogP contribution is -2.42. The number of hydrogen-bond donors (Lipinski definition) is 1. The smallest absolute Gasteiger partial charge is 0.261 e. The van der Waals surface area contributed by atoms with Gasteiger partial charge in [-0.3, -0.25) is 19.3 Å². The molecule has 1 heterocycles. The quantitative estimate of drug-likeness (QED) is 0.698. The molecule has 0 aliphatic carbocycles. The molecule has 3 aromatic rings. The van der Waals surface area contributed by atoms with Gasteiger partial charge < -0.3 is 5.32 Å². The molecule has 0 aromatic heterocycles. The van der Waals surface area contributed by atoms with E-state index in [0.717, 1.165) is 16.5 Å². The maximum absolute atomic E-state index is 12.8. The van der Waals surface area contributed by atoms with Crippen LogP contribution in [0, 0.1) is 6.92 Å². The van der Waals surface area contributed by atoms with Crippen molar-refractivity contribution in [2.45, 2.75) is 19.9 Å². The van der Waals surface area contributed by atoms with E-state index in [1.807, 2.05) is 55.5 Å². The van der Waals surface area contributed by atoms with Crippen molar-refractivity contribution in [3.05, 3.63) is 82.9 Å². The summed E-state index contributed by atoms with van der Waals surface area (Å²) in [6.45, 7) is 2.47. The number of hydrogen-bond acceptors (Lipinski definition) is 3. The second-order valence-corrected chi connectivity index (χ2v) is 6.92. The van der Waals surface area contributed by atoms with E-state index in [9.17, 15) is 14.4 Å². The molecule has 0 saturated heterocycles. The Labute approximate surface area is 163 Å². The Balaban J connectivity index is 1.46. The van der Waals surface area contributed by atoms with Gasteiger partial charge in [-0.1, -0.05) is 48.5 Å². The van der Waals surface area contributed by atoms with Crippen LogP contribution < -0.4 is 5.32 Å². The standard InChI is InChI=1S/C23H20N2O3/c1-15-6-2-3-7-17(15)14-24-20(26)12-13-25-22(27)18-10-4-8-16-9-5-11-19(21(16)18)23(25)28/h2-11H,12-14H2,1H3,(H,24,26). The first-order valence-corrected chi connectivity index (χ1v) is 9.25. The van der Waals surface area contributed by atoms with Crippen molar-refractivity contribution < 1.29 is 14.4 Å². The monoisotopic (exact) mass is 372 g/mol. The summed E-state index contributed by atoms with van der Waals surface area (Å²) in [6, 6.07) is 18.7. The zero-order valence-electron chi connectivity index (χ0n) is 15.6. The molecule has 1 aliphatic rings. The highest BCUT2D eigenvalue weighted by atomic mass is 16.2. The zero-order chi connectivity index (χ0) is 19.7. The second-order valence-electron chi connectivity index (χ2n) is 6.92. The van der Waals surface area contributed by atoms with Crippen molar-refractivity contribution in [1.29, 1.82) is 0 Å². The summed E-state index contributed by atoms with van der Waals surface area (Å²) in [4.78, 5) is 39.1. The summed E-state index contributed by atoms with van der Waals surface area (Å²) < 4.78 is 0. The van der Waals surface area contributed by atoms with Crippen LogP contribution in [-0.4, -0.2) is 29.2 Å². The van der Waals surface area contributed by atoms with Crippen molar-refractivity contribution in [3.63, 3.8) is 0 Å². The van der Waals surface area contributed by atoms with Crippen LogP contribution in [0.1, 0.15) is 38.3 Å². The Morgan fingerprint density at radius 3 is 2.18 bits per heavy atom. The minimum atomic E-state index is -0.346. The fourth-order valence-corrected chi connectivity index (χ4v) is 3.59. The molecule has 5 heteroatoms. The van der Waals surface area contributed by atoms with Gasteiger partial charge in [-0.2, -0.15) is 0 Å². The molecule has 5 nitrogen and oxygen atoms in total. The average molecular weight is 372 g/mol. The summed E-state index contributed by atoms with van der Waals surface area (Å²) in [5.41, 5.74) is 3.16. The normalized spacial score (nSPS) is 13.1. The maximum Gasteiger partial charge on any atom is 0.261 e. The number of nitrogens with one attached hydrogen (secondary N) is 1. The van der Waals surface area contributed by atoms with Gasteiger partial charge >= 0.3 is 0 Å². The molecule has 0 unspecified atom stereocenters. The summed E-state index contributed by atoms with van der Waals surface area (Å²) in [5, 5.41) is 4.42.